The molecule has 108 valence electrons. The number of halogens is 2. The van der Waals surface area contributed by atoms with Crippen molar-refractivity contribution in [2.24, 2.45) is 5.73 Å². The molecule has 0 aliphatic rings. The van der Waals surface area contributed by atoms with E-state index in [9.17, 15) is 13.9 Å². The first-order chi connectivity index (χ1) is 9.03. The van der Waals surface area contributed by atoms with E-state index < -0.39 is 37.1 Å². The molecule has 7 heteroatoms. The van der Waals surface area contributed by atoms with Crippen LogP contribution < -0.4 is 5.73 Å². The highest BCUT2D eigenvalue weighted by molar-refractivity contribution is 5.26. The fourth-order valence-electron chi connectivity index (χ4n) is 1.51. The van der Waals surface area contributed by atoms with Gasteiger partial charge in [-0.05, 0) is 6.07 Å². The molecule has 0 saturated heterocycles. The van der Waals surface area contributed by atoms with E-state index in [0.29, 0.717) is 6.07 Å². The largest absolute Gasteiger partial charge is 0.394 e. The van der Waals surface area contributed by atoms with E-state index in [2.05, 4.69) is 0 Å². The summed E-state index contributed by atoms with van der Waals surface area (Å²) in [5.74, 6) is -1.54. The Bertz CT molecular complexity index is 417. The lowest BCUT2D eigenvalue weighted by molar-refractivity contribution is -0.0866. The molecule has 0 aliphatic carbocycles. The molecule has 0 aromatic heterocycles. The minimum absolute atomic E-state index is 0.0606. The fourth-order valence-corrected chi connectivity index (χ4v) is 1.51. The summed E-state index contributed by atoms with van der Waals surface area (Å²) in [6.45, 7) is -1.48. The van der Waals surface area contributed by atoms with Gasteiger partial charge in [-0.15, -0.1) is 0 Å². The van der Waals surface area contributed by atoms with Crippen molar-refractivity contribution >= 4 is 0 Å². The summed E-state index contributed by atoms with van der Waals surface area (Å²) in [6.07, 6.45) is -2.32. The SMILES string of the molecule is NCc1cc(CO[C@H](CO)C(O)CO)c(F)cc1F. The van der Waals surface area contributed by atoms with Crippen molar-refractivity contribution in [1.82, 2.24) is 0 Å². The minimum Gasteiger partial charge on any atom is -0.394 e. The van der Waals surface area contributed by atoms with E-state index in [1.165, 1.54) is 6.07 Å². The molecule has 0 saturated carbocycles. The van der Waals surface area contributed by atoms with Crippen molar-refractivity contribution in [3.63, 3.8) is 0 Å². The smallest absolute Gasteiger partial charge is 0.131 e. The molecule has 0 heterocycles. The fraction of sp³-hybridized carbons (Fsp3) is 0.500. The second-order valence-electron chi connectivity index (χ2n) is 4.02. The Morgan fingerprint density at radius 3 is 2.26 bits per heavy atom. The first-order valence-electron chi connectivity index (χ1n) is 5.71. The lowest BCUT2D eigenvalue weighted by atomic mass is 10.1. The van der Waals surface area contributed by atoms with Crippen molar-refractivity contribution in [2.45, 2.75) is 25.4 Å². The predicted molar refractivity (Wildman–Crippen MR) is 63.0 cm³/mol. The molecule has 0 fully saturated rings. The van der Waals surface area contributed by atoms with E-state index in [4.69, 9.17) is 20.7 Å². The Morgan fingerprint density at radius 2 is 1.74 bits per heavy atom. The molecule has 5 N–H and O–H groups in total. The summed E-state index contributed by atoms with van der Waals surface area (Å²) in [4.78, 5) is 0. The molecule has 1 rings (SSSR count). The van der Waals surface area contributed by atoms with Gasteiger partial charge < -0.3 is 25.8 Å². The first kappa shape index (κ1) is 15.9. The molecule has 0 amide bonds. The maximum atomic E-state index is 13.5. The van der Waals surface area contributed by atoms with Gasteiger partial charge >= 0.3 is 0 Å². The highest BCUT2D eigenvalue weighted by Crippen LogP contribution is 2.16. The Hall–Kier alpha value is -1.12. The van der Waals surface area contributed by atoms with Crippen molar-refractivity contribution in [1.29, 1.82) is 0 Å². The van der Waals surface area contributed by atoms with Crippen LogP contribution in [-0.4, -0.2) is 40.7 Å². The van der Waals surface area contributed by atoms with Gasteiger partial charge in [-0.1, -0.05) is 0 Å². The maximum Gasteiger partial charge on any atom is 0.131 e. The molecule has 1 unspecified atom stereocenters. The zero-order valence-corrected chi connectivity index (χ0v) is 10.2. The van der Waals surface area contributed by atoms with Crippen molar-refractivity contribution in [3.8, 4) is 0 Å². The van der Waals surface area contributed by atoms with Crippen molar-refractivity contribution in [2.75, 3.05) is 13.2 Å². The van der Waals surface area contributed by atoms with Crippen LogP contribution in [-0.2, 0) is 17.9 Å². The summed E-state index contributed by atoms with van der Waals surface area (Å²) in [6, 6.07) is 1.93. The van der Waals surface area contributed by atoms with E-state index in [1.807, 2.05) is 0 Å². The number of hydrogen-bond acceptors (Lipinski definition) is 5. The number of rotatable bonds is 7. The predicted octanol–water partition coefficient (Wildman–Crippen LogP) is -0.346. The molecule has 0 radical (unpaired) electrons. The molecule has 1 aromatic rings. The summed E-state index contributed by atoms with van der Waals surface area (Å²) in [5.41, 5.74) is 5.51. The van der Waals surface area contributed by atoms with Gasteiger partial charge in [0.25, 0.3) is 0 Å². The van der Waals surface area contributed by atoms with Gasteiger partial charge in [0.05, 0.1) is 19.8 Å². The number of benzene rings is 1. The monoisotopic (exact) mass is 277 g/mol. The van der Waals surface area contributed by atoms with Crippen LogP contribution in [0.5, 0.6) is 0 Å². The molecule has 1 aromatic carbocycles. The number of ether oxygens (including phenoxy) is 1. The topological polar surface area (TPSA) is 95.9 Å². The lowest BCUT2D eigenvalue weighted by Gasteiger charge is -2.20. The summed E-state index contributed by atoms with van der Waals surface area (Å²) in [5, 5.41) is 27.0. The number of nitrogens with two attached hydrogens (primary N) is 1. The van der Waals surface area contributed by atoms with Gasteiger partial charge in [0.2, 0.25) is 0 Å². The van der Waals surface area contributed by atoms with Crippen LogP contribution >= 0.6 is 0 Å². The molecule has 2 atom stereocenters. The summed E-state index contributed by atoms with van der Waals surface area (Å²) >= 11 is 0. The molecular formula is C12H17F2NO4. The average Bonchev–Trinajstić information content (AvgIpc) is 2.41. The zero-order valence-electron chi connectivity index (χ0n) is 10.2. The van der Waals surface area contributed by atoms with Crippen LogP contribution in [0.25, 0.3) is 0 Å². The molecule has 0 spiro atoms. The van der Waals surface area contributed by atoms with E-state index in [-0.39, 0.29) is 24.3 Å². The van der Waals surface area contributed by atoms with Gasteiger partial charge in [-0.25, -0.2) is 8.78 Å². The van der Waals surface area contributed by atoms with Crippen LogP contribution in [0, 0.1) is 11.6 Å². The van der Waals surface area contributed by atoms with Crippen LogP contribution in [0.15, 0.2) is 12.1 Å². The van der Waals surface area contributed by atoms with Crippen molar-refractivity contribution < 1.29 is 28.8 Å². The quantitative estimate of drug-likeness (QED) is 0.546. The van der Waals surface area contributed by atoms with Gasteiger partial charge in [-0.2, -0.15) is 0 Å². The molecular weight excluding hydrogens is 260 g/mol. The average molecular weight is 277 g/mol. The Kier molecular flexibility index (Phi) is 6.26. The van der Waals surface area contributed by atoms with Crippen LogP contribution in [0.3, 0.4) is 0 Å². The van der Waals surface area contributed by atoms with Crippen LogP contribution in [0.1, 0.15) is 11.1 Å². The van der Waals surface area contributed by atoms with Crippen LogP contribution in [0.4, 0.5) is 8.78 Å². The third kappa shape index (κ3) is 4.19. The number of hydrogen-bond donors (Lipinski definition) is 4. The zero-order chi connectivity index (χ0) is 14.4. The normalized spacial score (nSPS) is 14.4. The van der Waals surface area contributed by atoms with Crippen LogP contribution in [0.2, 0.25) is 0 Å². The van der Waals surface area contributed by atoms with E-state index in [0.717, 1.165) is 0 Å². The second-order valence-corrected chi connectivity index (χ2v) is 4.02. The highest BCUT2D eigenvalue weighted by atomic mass is 19.1. The Balaban J connectivity index is 2.76. The third-order valence-electron chi connectivity index (χ3n) is 2.68. The summed E-state index contributed by atoms with van der Waals surface area (Å²) < 4.78 is 31.8. The van der Waals surface area contributed by atoms with E-state index in [1.54, 1.807) is 0 Å². The molecule has 19 heavy (non-hydrogen) atoms. The molecule has 0 bridgehead atoms. The first-order valence-corrected chi connectivity index (χ1v) is 5.71. The van der Waals surface area contributed by atoms with Gasteiger partial charge in [0.1, 0.15) is 23.8 Å². The van der Waals surface area contributed by atoms with Gasteiger partial charge in [0, 0.05) is 23.7 Å². The third-order valence-corrected chi connectivity index (χ3v) is 2.68. The van der Waals surface area contributed by atoms with Gasteiger partial charge in [-0.3, -0.25) is 0 Å². The standard InChI is InChI=1S/C12H17F2NO4/c13-9-2-10(14)8(1-7(9)3-15)6-19-12(5-17)11(18)4-16/h1-2,11-12,16-18H,3-6,15H2/t11?,12-/m1/s1. The minimum atomic E-state index is -1.28. The molecule has 0 aliphatic heterocycles. The highest BCUT2D eigenvalue weighted by Gasteiger charge is 2.19. The van der Waals surface area contributed by atoms with Crippen molar-refractivity contribution in [3.05, 3.63) is 34.9 Å². The van der Waals surface area contributed by atoms with E-state index >= 15 is 0 Å². The Morgan fingerprint density at radius 1 is 1.11 bits per heavy atom. The number of aliphatic hydroxyl groups excluding tert-OH is 3. The Labute approximate surface area is 109 Å². The second kappa shape index (κ2) is 7.46. The van der Waals surface area contributed by atoms with Gasteiger partial charge in [0.15, 0.2) is 0 Å². The molecule has 5 nitrogen and oxygen atoms in total. The summed E-state index contributed by atoms with van der Waals surface area (Å²) in [7, 11) is 0. The maximum absolute atomic E-state index is 13.5. The number of aliphatic hydroxyl groups is 3. The lowest BCUT2D eigenvalue weighted by Crippen LogP contribution is -2.35.